The Morgan fingerprint density at radius 2 is 2.04 bits per heavy atom. The first-order valence-corrected chi connectivity index (χ1v) is 9.51. The fourth-order valence-electron chi connectivity index (χ4n) is 3.27. The number of aryl methyl sites for hydroxylation is 1. The summed E-state index contributed by atoms with van der Waals surface area (Å²) in [5, 5.41) is 6.82. The molecule has 0 saturated carbocycles. The molecule has 0 aromatic heterocycles. The van der Waals surface area contributed by atoms with Gasteiger partial charge in [-0.2, -0.15) is 0 Å². The van der Waals surface area contributed by atoms with E-state index in [0.29, 0.717) is 0 Å². The predicted octanol–water partition coefficient (Wildman–Crippen LogP) is 2.80. The van der Waals surface area contributed by atoms with Crippen LogP contribution in [0.5, 0.6) is 0 Å². The smallest absolute Gasteiger partial charge is 0.191 e. The molecule has 0 aliphatic carbocycles. The van der Waals surface area contributed by atoms with Crippen molar-refractivity contribution in [3.8, 4) is 0 Å². The molecule has 2 N–H and O–H groups in total. The van der Waals surface area contributed by atoms with Gasteiger partial charge in [0.15, 0.2) is 5.96 Å². The van der Waals surface area contributed by atoms with Gasteiger partial charge in [-0.05, 0) is 31.5 Å². The number of hydrogen-bond donors (Lipinski definition) is 2. The average molecular weight is 490 g/mol. The van der Waals surface area contributed by atoms with E-state index in [4.69, 9.17) is 9.47 Å². The lowest BCUT2D eigenvalue weighted by Gasteiger charge is -2.36. The molecule has 1 aliphatic rings. The molecular formula is C20H35IN4O2. The summed E-state index contributed by atoms with van der Waals surface area (Å²) in [6, 6.07) is 8.63. The van der Waals surface area contributed by atoms with E-state index in [2.05, 4.69) is 58.6 Å². The maximum Gasteiger partial charge on any atom is 0.191 e. The summed E-state index contributed by atoms with van der Waals surface area (Å²) in [4.78, 5) is 6.70. The maximum atomic E-state index is 5.77. The van der Waals surface area contributed by atoms with Gasteiger partial charge in [0.2, 0.25) is 0 Å². The minimum absolute atomic E-state index is 0. The Balaban J connectivity index is 0.00000364. The van der Waals surface area contributed by atoms with Gasteiger partial charge in [-0.3, -0.25) is 4.99 Å². The van der Waals surface area contributed by atoms with Crippen LogP contribution in [0.25, 0.3) is 0 Å². The Labute approximate surface area is 181 Å². The van der Waals surface area contributed by atoms with Gasteiger partial charge in [-0.1, -0.05) is 12.1 Å². The van der Waals surface area contributed by atoms with Crippen LogP contribution in [0.1, 0.15) is 25.3 Å². The lowest BCUT2D eigenvalue weighted by Crippen LogP contribution is -2.51. The Kier molecular flexibility index (Phi) is 11.0. The number of nitrogens with one attached hydrogen (secondary N) is 2. The first-order valence-electron chi connectivity index (χ1n) is 9.51. The number of likely N-dealkylation sites (N-methyl/N-ethyl adjacent to an activating group) is 1. The summed E-state index contributed by atoms with van der Waals surface area (Å²) in [6.45, 7) is 9.28. The second kappa shape index (κ2) is 12.4. The highest BCUT2D eigenvalue weighted by Crippen LogP contribution is 2.23. The number of aliphatic imine (C=N–C) groups is 1. The largest absolute Gasteiger partial charge is 0.381 e. The second-order valence-corrected chi connectivity index (χ2v) is 6.77. The third-order valence-corrected chi connectivity index (χ3v) is 5.06. The molecule has 7 heteroatoms. The number of anilines is 1. The van der Waals surface area contributed by atoms with Crippen molar-refractivity contribution in [3.63, 3.8) is 0 Å². The molecule has 0 unspecified atom stereocenters. The minimum atomic E-state index is -0.160. The number of ether oxygens (including phenoxy) is 2. The molecule has 6 nitrogen and oxygen atoms in total. The van der Waals surface area contributed by atoms with E-state index >= 15 is 0 Å². The van der Waals surface area contributed by atoms with Gasteiger partial charge >= 0.3 is 0 Å². The first kappa shape index (κ1) is 24.0. The molecule has 0 bridgehead atoms. The van der Waals surface area contributed by atoms with Crippen molar-refractivity contribution < 1.29 is 9.47 Å². The van der Waals surface area contributed by atoms with Crippen molar-refractivity contribution in [2.24, 2.45) is 4.99 Å². The maximum absolute atomic E-state index is 5.77. The SMILES string of the molecule is CCN(CCNC(=NC)NCC1(OC)CCOCC1)c1cccc(C)c1.I. The number of hydrogen-bond acceptors (Lipinski definition) is 4. The number of methoxy groups -OCH3 is 1. The van der Waals surface area contributed by atoms with Crippen LogP contribution in [0, 0.1) is 6.92 Å². The Morgan fingerprint density at radius 3 is 2.63 bits per heavy atom. The molecule has 0 spiro atoms. The van der Waals surface area contributed by atoms with Gasteiger partial charge in [0.25, 0.3) is 0 Å². The zero-order chi connectivity index (χ0) is 18.8. The van der Waals surface area contributed by atoms with E-state index in [0.717, 1.165) is 58.2 Å². The lowest BCUT2D eigenvalue weighted by molar-refractivity contribution is -0.0855. The predicted molar refractivity (Wildman–Crippen MR) is 124 cm³/mol. The molecule has 1 heterocycles. The molecule has 1 aromatic rings. The molecule has 1 aromatic carbocycles. The molecule has 0 atom stereocenters. The van der Waals surface area contributed by atoms with Gasteiger partial charge in [-0.15, -0.1) is 24.0 Å². The number of rotatable bonds is 8. The third kappa shape index (κ3) is 7.46. The highest BCUT2D eigenvalue weighted by Gasteiger charge is 2.32. The molecule has 1 saturated heterocycles. The molecule has 2 rings (SSSR count). The Morgan fingerprint density at radius 1 is 1.30 bits per heavy atom. The molecule has 154 valence electrons. The van der Waals surface area contributed by atoms with Gasteiger partial charge in [0, 0.05) is 72.1 Å². The molecular weight excluding hydrogens is 455 g/mol. The third-order valence-electron chi connectivity index (χ3n) is 5.06. The quantitative estimate of drug-likeness (QED) is 0.334. The number of guanidine groups is 1. The van der Waals surface area contributed by atoms with E-state index in [1.54, 1.807) is 14.2 Å². The molecule has 1 fully saturated rings. The zero-order valence-corrected chi connectivity index (χ0v) is 19.4. The van der Waals surface area contributed by atoms with Crippen molar-refractivity contribution in [2.75, 3.05) is 58.5 Å². The molecule has 27 heavy (non-hydrogen) atoms. The minimum Gasteiger partial charge on any atom is -0.381 e. The summed E-state index contributed by atoms with van der Waals surface area (Å²) in [6.07, 6.45) is 1.81. The average Bonchev–Trinajstić information content (AvgIpc) is 2.68. The molecule has 1 aliphatic heterocycles. The van der Waals surface area contributed by atoms with Crippen molar-refractivity contribution in [3.05, 3.63) is 29.8 Å². The monoisotopic (exact) mass is 490 g/mol. The normalized spacial score (nSPS) is 16.4. The Bertz CT molecular complexity index is 577. The summed E-state index contributed by atoms with van der Waals surface area (Å²) in [5.41, 5.74) is 2.39. The van der Waals surface area contributed by atoms with Crippen LogP contribution in [-0.2, 0) is 9.47 Å². The van der Waals surface area contributed by atoms with E-state index in [-0.39, 0.29) is 29.6 Å². The van der Waals surface area contributed by atoms with Gasteiger partial charge in [-0.25, -0.2) is 0 Å². The summed E-state index contributed by atoms with van der Waals surface area (Å²) >= 11 is 0. The zero-order valence-electron chi connectivity index (χ0n) is 17.1. The highest BCUT2D eigenvalue weighted by molar-refractivity contribution is 14.0. The highest BCUT2D eigenvalue weighted by atomic mass is 127. The van der Waals surface area contributed by atoms with Crippen LogP contribution in [0.2, 0.25) is 0 Å². The lowest BCUT2D eigenvalue weighted by atomic mass is 9.94. The van der Waals surface area contributed by atoms with Crippen LogP contribution in [0.3, 0.4) is 0 Å². The van der Waals surface area contributed by atoms with E-state index in [1.807, 2.05) is 0 Å². The molecule has 0 radical (unpaired) electrons. The van der Waals surface area contributed by atoms with Crippen molar-refractivity contribution >= 4 is 35.6 Å². The topological polar surface area (TPSA) is 58.1 Å². The fraction of sp³-hybridized carbons (Fsp3) is 0.650. The van der Waals surface area contributed by atoms with Crippen molar-refractivity contribution in [1.82, 2.24) is 10.6 Å². The van der Waals surface area contributed by atoms with Crippen LogP contribution >= 0.6 is 24.0 Å². The Hall–Kier alpha value is -1.06. The van der Waals surface area contributed by atoms with Crippen LogP contribution in [0.15, 0.2) is 29.3 Å². The summed E-state index contributed by atoms with van der Waals surface area (Å²) < 4.78 is 11.2. The first-order chi connectivity index (χ1) is 12.6. The van der Waals surface area contributed by atoms with Gasteiger partial charge in [0.05, 0.1) is 5.60 Å². The summed E-state index contributed by atoms with van der Waals surface area (Å²) in [7, 11) is 3.58. The summed E-state index contributed by atoms with van der Waals surface area (Å²) in [5.74, 6) is 0.813. The number of nitrogens with zero attached hydrogens (tertiary/aromatic N) is 2. The molecule has 0 amide bonds. The van der Waals surface area contributed by atoms with Crippen LogP contribution in [0.4, 0.5) is 5.69 Å². The standard InChI is InChI=1S/C20H34N4O2.HI/c1-5-24(18-8-6-7-17(2)15-18)12-11-22-19(21-3)23-16-20(25-4)9-13-26-14-10-20;/h6-8,15H,5,9-14,16H2,1-4H3,(H2,21,22,23);1H. The van der Waals surface area contributed by atoms with Gasteiger partial charge < -0.3 is 25.0 Å². The second-order valence-electron chi connectivity index (χ2n) is 6.77. The van der Waals surface area contributed by atoms with E-state index in [9.17, 15) is 0 Å². The number of benzene rings is 1. The van der Waals surface area contributed by atoms with Crippen molar-refractivity contribution in [2.45, 2.75) is 32.3 Å². The van der Waals surface area contributed by atoms with Crippen LogP contribution < -0.4 is 15.5 Å². The van der Waals surface area contributed by atoms with E-state index in [1.165, 1.54) is 11.3 Å². The number of halogens is 1. The fourth-order valence-corrected chi connectivity index (χ4v) is 3.27. The van der Waals surface area contributed by atoms with Gasteiger partial charge in [0.1, 0.15) is 0 Å². The van der Waals surface area contributed by atoms with Crippen LogP contribution in [-0.4, -0.2) is 65.1 Å². The van der Waals surface area contributed by atoms with E-state index < -0.39 is 0 Å². The van der Waals surface area contributed by atoms with Crippen molar-refractivity contribution in [1.29, 1.82) is 0 Å².